The van der Waals surface area contributed by atoms with Crippen molar-refractivity contribution in [1.29, 1.82) is 0 Å². The topological polar surface area (TPSA) is 126 Å². The predicted molar refractivity (Wildman–Crippen MR) is 171 cm³/mol. The van der Waals surface area contributed by atoms with Crippen molar-refractivity contribution in [1.82, 2.24) is 20.1 Å². The fraction of sp³-hybridized carbons (Fsp3) is 0.353. The highest BCUT2D eigenvalue weighted by molar-refractivity contribution is 5.85. The van der Waals surface area contributed by atoms with E-state index in [1.165, 1.54) is 0 Å². The molecular formula is C34H39N5O6. The zero-order chi connectivity index (χ0) is 31.6. The van der Waals surface area contributed by atoms with Crippen molar-refractivity contribution in [3.05, 3.63) is 105 Å². The molecule has 11 heteroatoms. The number of likely N-dealkylation sites (N-methyl/N-ethyl adjacent to an activating group) is 1. The number of anilines is 1. The van der Waals surface area contributed by atoms with Crippen LogP contribution in [0.2, 0.25) is 0 Å². The number of benzene rings is 3. The first kappa shape index (κ1) is 31.7. The van der Waals surface area contributed by atoms with Gasteiger partial charge in [0.1, 0.15) is 12.6 Å². The fourth-order valence-electron chi connectivity index (χ4n) is 5.33. The van der Waals surface area contributed by atoms with Gasteiger partial charge in [0.25, 0.3) is 6.01 Å². The van der Waals surface area contributed by atoms with E-state index in [1.54, 1.807) is 24.9 Å². The zero-order valence-electron chi connectivity index (χ0n) is 25.7. The van der Waals surface area contributed by atoms with Gasteiger partial charge in [0.05, 0.1) is 24.1 Å². The summed E-state index contributed by atoms with van der Waals surface area (Å²) in [6, 6.07) is 22.1. The lowest BCUT2D eigenvalue weighted by Crippen LogP contribution is -2.42. The first-order chi connectivity index (χ1) is 21.9. The monoisotopic (exact) mass is 613 g/mol. The van der Waals surface area contributed by atoms with Crippen molar-refractivity contribution in [2.45, 2.75) is 32.5 Å². The number of aromatic nitrogens is 1. The Balaban J connectivity index is 1.27. The molecule has 4 aromatic rings. The summed E-state index contributed by atoms with van der Waals surface area (Å²) in [5, 5.41) is 6.15. The molecule has 0 bridgehead atoms. The molecule has 1 unspecified atom stereocenters. The molecule has 1 aliphatic rings. The average molecular weight is 614 g/mol. The van der Waals surface area contributed by atoms with Crippen LogP contribution in [-0.4, -0.2) is 79.3 Å². The van der Waals surface area contributed by atoms with Crippen molar-refractivity contribution in [2.24, 2.45) is 0 Å². The lowest BCUT2D eigenvalue weighted by Gasteiger charge is -2.26. The summed E-state index contributed by atoms with van der Waals surface area (Å²) in [6.07, 6.45) is -0.159. The lowest BCUT2D eigenvalue weighted by molar-refractivity contribution is -0.131. The Bertz CT molecular complexity index is 1640. The Labute approximate surface area is 262 Å². The minimum atomic E-state index is -0.729. The summed E-state index contributed by atoms with van der Waals surface area (Å²) in [5.74, 6) is -0.165. The van der Waals surface area contributed by atoms with Crippen LogP contribution in [-0.2, 0) is 33.8 Å². The van der Waals surface area contributed by atoms with Gasteiger partial charge < -0.3 is 29.4 Å². The molecule has 2 N–H and O–H groups in total. The molecule has 2 heterocycles. The molecule has 1 aromatic heterocycles. The third-order valence-electron chi connectivity index (χ3n) is 7.86. The first-order valence-corrected chi connectivity index (χ1v) is 15.1. The van der Waals surface area contributed by atoms with Gasteiger partial charge in [0, 0.05) is 46.2 Å². The van der Waals surface area contributed by atoms with Gasteiger partial charge in [0.15, 0.2) is 0 Å². The van der Waals surface area contributed by atoms with Crippen molar-refractivity contribution >= 4 is 28.9 Å². The Hall–Kier alpha value is -4.74. The maximum Gasteiger partial charge on any atom is 0.407 e. The molecule has 1 aliphatic heterocycles. The van der Waals surface area contributed by atoms with Crippen LogP contribution >= 0.6 is 0 Å². The van der Waals surface area contributed by atoms with Gasteiger partial charge in [-0.3, -0.25) is 9.69 Å². The van der Waals surface area contributed by atoms with Crippen LogP contribution in [0.5, 0.6) is 0 Å². The van der Waals surface area contributed by atoms with Crippen LogP contribution in [0.1, 0.15) is 22.3 Å². The van der Waals surface area contributed by atoms with E-state index in [4.69, 9.17) is 13.9 Å². The van der Waals surface area contributed by atoms with Gasteiger partial charge in [-0.1, -0.05) is 66.7 Å². The molecular weight excluding hydrogens is 574 g/mol. The van der Waals surface area contributed by atoms with E-state index < -0.39 is 17.8 Å². The van der Waals surface area contributed by atoms with Crippen LogP contribution < -0.4 is 16.3 Å². The van der Waals surface area contributed by atoms with E-state index in [2.05, 4.69) is 20.5 Å². The number of alkyl carbamates (subject to hydrolysis) is 1. The highest BCUT2D eigenvalue weighted by Gasteiger charge is 2.25. The summed E-state index contributed by atoms with van der Waals surface area (Å²) in [6.45, 7) is 6.35. The van der Waals surface area contributed by atoms with Gasteiger partial charge in [-0.15, -0.1) is 0 Å². The zero-order valence-corrected chi connectivity index (χ0v) is 25.7. The molecule has 0 spiro atoms. The number of amides is 2. The molecule has 0 radical (unpaired) electrons. The van der Waals surface area contributed by atoms with E-state index in [1.807, 2.05) is 66.7 Å². The molecule has 1 atom stereocenters. The minimum absolute atomic E-state index is 0.0380. The number of morpholine rings is 1. The van der Waals surface area contributed by atoms with E-state index in [9.17, 15) is 14.4 Å². The second kappa shape index (κ2) is 15.3. The predicted octanol–water partition coefficient (Wildman–Crippen LogP) is 3.74. The molecule has 1 saturated heterocycles. The van der Waals surface area contributed by atoms with E-state index in [0.29, 0.717) is 49.2 Å². The van der Waals surface area contributed by atoms with Gasteiger partial charge in [0.2, 0.25) is 5.91 Å². The molecule has 45 heavy (non-hydrogen) atoms. The van der Waals surface area contributed by atoms with Gasteiger partial charge >= 0.3 is 11.7 Å². The summed E-state index contributed by atoms with van der Waals surface area (Å²) in [5.41, 5.74) is 3.18. The maximum atomic E-state index is 13.6. The second-order valence-corrected chi connectivity index (χ2v) is 11.1. The molecule has 5 rings (SSSR count). The molecule has 0 saturated carbocycles. The van der Waals surface area contributed by atoms with Crippen LogP contribution in [0.15, 0.2) is 82.0 Å². The van der Waals surface area contributed by atoms with Gasteiger partial charge in [-0.05, 0) is 35.2 Å². The SMILES string of the molecule is Cc1c(CNC(=O)OCCN2CCOCC2)ccc2nc(NC(Cc3ccccc3)C(=O)N(C)Cc3ccccc3)oc(=O)c12. The van der Waals surface area contributed by atoms with Crippen molar-refractivity contribution < 1.29 is 23.5 Å². The number of nitrogens with one attached hydrogen (secondary N) is 2. The third kappa shape index (κ3) is 8.68. The van der Waals surface area contributed by atoms with Crippen LogP contribution in [0, 0.1) is 6.92 Å². The number of rotatable bonds is 12. The van der Waals surface area contributed by atoms with Crippen molar-refractivity contribution in [3.63, 3.8) is 0 Å². The smallest absolute Gasteiger partial charge is 0.407 e. The van der Waals surface area contributed by atoms with E-state index in [-0.39, 0.29) is 25.1 Å². The fourth-order valence-corrected chi connectivity index (χ4v) is 5.33. The number of nitrogens with zero attached hydrogens (tertiary/aromatic N) is 3. The second-order valence-electron chi connectivity index (χ2n) is 11.1. The quantitative estimate of drug-likeness (QED) is 0.246. The Morgan fingerprint density at radius 2 is 1.69 bits per heavy atom. The van der Waals surface area contributed by atoms with E-state index >= 15 is 0 Å². The molecule has 236 valence electrons. The summed E-state index contributed by atoms with van der Waals surface area (Å²) < 4.78 is 16.3. The average Bonchev–Trinajstić information content (AvgIpc) is 3.05. The number of hydrogen-bond acceptors (Lipinski definition) is 9. The normalized spacial score (nSPS) is 14.1. The van der Waals surface area contributed by atoms with Crippen molar-refractivity contribution in [2.75, 3.05) is 51.8 Å². The molecule has 2 amide bonds. The number of hydrogen-bond donors (Lipinski definition) is 2. The number of fused-ring (bicyclic) bond motifs is 1. The number of carbonyl (C=O) groups excluding carboxylic acids is 2. The largest absolute Gasteiger partial charge is 0.448 e. The lowest BCUT2D eigenvalue weighted by atomic mass is 10.0. The van der Waals surface area contributed by atoms with Crippen LogP contribution in [0.4, 0.5) is 10.8 Å². The Morgan fingerprint density at radius 3 is 2.40 bits per heavy atom. The Kier molecular flexibility index (Phi) is 10.8. The van der Waals surface area contributed by atoms with E-state index in [0.717, 1.165) is 29.8 Å². The third-order valence-corrected chi connectivity index (χ3v) is 7.86. The highest BCUT2D eigenvalue weighted by Crippen LogP contribution is 2.20. The molecule has 11 nitrogen and oxygen atoms in total. The summed E-state index contributed by atoms with van der Waals surface area (Å²) in [4.78, 5) is 47.5. The molecule has 0 aliphatic carbocycles. The van der Waals surface area contributed by atoms with Gasteiger partial charge in [-0.2, -0.15) is 4.98 Å². The standard InChI is InChI=1S/C34H39N5O6/c1-24-27(22-35-34(42)44-20-17-39-15-18-43-19-16-39)13-14-28-30(24)32(41)45-33(36-28)37-29(21-25-9-5-3-6-10-25)31(40)38(2)23-26-11-7-4-8-12-26/h3-14,29H,15-23H2,1-2H3,(H,35,42)(H,36,37). The van der Waals surface area contributed by atoms with Crippen molar-refractivity contribution in [3.8, 4) is 0 Å². The van der Waals surface area contributed by atoms with Crippen LogP contribution in [0.25, 0.3) is 10.9 Å². The summed E-state index contributed by atoms with van der Waals surface area (Å²) in [7, 11) is 1.75. The Morgan fingerprint density at radius 1 is 1.00 bits per heavy atom. The minimum Gasteiger partial charge on any atom is -0.448 e. The maximum absolute atomic E-state index is 13.6. The summed E-state index contributed by atoms with van der Waals surface area (Å²) >= 11 is 0. The highest BCUT2D eigenvalue weighted by atomic mass is 16.5. The molecule has 3 aromatic carbocycles. The number of ether oxygens (including phenoxy) is 2. The van der Waals surface area contributed by atoms with Gasteiger partial charge in [-0.25, -0.2) is 9.59 Å². The molecule has 1 fully saturated rings. The number of carbonyl (C=O) groups is 2. The number of aryl methyl sites for hydroxylation is 1. The first-order valence-electron chi connectivity index (χ1n) is 15.1. The van der Waals surface area contributed by atoms with Crippen LogP contribution in [0.3, 0.4) is 0 Å².